The molecule has 0 aliphatic rings. The van der Waals surface area contributed by atoms with Crippen LogP contribution >= 0.6 is 23.2 Å². The standard InChI is InChI=1S/C26H28ClNO2.C26H28ClNO.C26H29NO2.C23H22/c1-28(2)18-19-30-24-14-10-22(11-15-24)26(21-8-12-23(29)13-9-21)25(16-17-27)20-6-4-3-5-7-20;1-28(2)19-20-29-24-15-13-23(14-16-24)26(22-11-7-4-8-12-22)25(17-18-27)21-9-5-3-6-10-21;1-4-25(20-8-6-5-7-9-20)26(21-10-14-23(28)15-11-21)22-12-16-24(17-13-22)29-19-18-27(2)3;1-3-22(19-10-6-4-7-11-19)23(20-12-8-5-9-13-20)21-16-14-18(2)15-17-21/h3-15,29H,16-19H2,1-2H3;3-16H,17-20H2,1-2H3;5-17,28H,4,18-19H2,1-3H3;4-17H,3H2,1-2H3/b3*26-25-;23-22-. The average Bonchev–Trinajstić information content (AvgIpc) is 0.822. The zero-order valence-corrected chi connectivity index (χ0v) is 67.4. The van der Waals surface area contributed by atoms with Crippen molar-refractivity contribution < 1.29 is 24.4 Å². The van der Waals surface area contributed by atoms with Crippen LogP contribution in [-0.4, -0.2) is 118 Å². The molecule has 0 aliphatic carbocycles. The molecule has 0 fully saturated rings. The summed E-state index contributed by atoms with van der Waals surface area (Å²) in [5.41, 5.74) is 25.4. The first-order chi connectivity index (χ1) is 54.1. The number of ether oxygens (including phenoxy) is 3. The van der Waals surface area contributed by atoms with Gasteiger partial charge in [0.2, 0.25) is 0 Å². The van der Waals surface area contributed by atoms with Crippen molar-refractivity contribution in [1.82, 2.24) is 14.7 Å². The summed E-state index contributed by atoms with van der Waals surface area (Å²) in [5.74, 6) is 4.24. The molecule has 0 amide bonds. The van der Waals surface area contributed by atoms with Gasteiger partial charge in [0.1, 0.15) is 48.6 Å². The van der Waals surface area contributed by atoms with E-state index in [2.05, 4.69) is 254 Å². The summed E-state index contributed by atoms with van der Waals surface area (Å²) in [4.78, 5) is 6.31. The highest BCUT2D eigenvalue weighted by atomic mass is 35.5. The van der Waals surface area contributed by atoms with Crippen LogP contribution < -0.4 is 14.2 Å². The quantitative estimate of drug-likeness (QED) is 0.0341. The lowest BCUT2D eigenvalue weighted by atomic mass is 9.88. The maximum atomic E-state index is 9.77. The number of benzene rings is 12. The number of halogens is 2. The van der Waals surface area contributed by atoms with E-state index < -0.39 is 0 Å². The Morgan fingerprint density at radius 1 is 0.261 bits per heavy atom. The summed E-state index contributed by atoms with van der Waals surface area (Å²) >= 11 is 12.4. The molecule has 12 aromatic carbocycles. The second kappa shape index (κ2) is 45.3. The first-order valence-corrected chi connectivity index (χ1v) is 39.4. The number of aryl methyl sites for hydroxylation is 1. The van der Waals surface area contributed by atoms with Crippen LogP contribution in [0.1, 0.15) is 112 Å². The Kier molecular flexibility index (Phi) is 34.3. The van der Waals surface area contributed by atoms with E-state index in [-0.39, 0.29) is 11.5 Å². The maximum Gasteiger partial charge on any atom is 0.119 e. The van der Waals surface area contributed by atoms with Crippen molar-refractivity contribution in [2.24, 2.45) is 0 Å². The molecule has 0 bridgehead atoms. The first-order valence-electron chi connectivity index (χ1n) is 38.3. The van der Waals surface area contributed by atoms with E-state index in [4.69, 9.17) is 37.4 Å². The number of phenols is 2. The molecule has 0 unspecified atom stereocenters. The molecular formula is C101H107Cl2N3O5. The Bertz CT molecular complexity index is 4800. The minimum atomic E-state index is 0.251. The highest BCUT2D eigenvalue weighted by Crippen LogP contribution is 2.40. The van der Waals surface area contributed by atoms with Gasteiger partial charge in [0.05, 0.1) is 0 Å². The molecule has 0 radical (unpaired) electrons. The third kappa shape index (κ3) is 26.1. The second-order valence-electron chi connectivity index (χ2n) is 27.7. The molecule has 0 spiro atoms. The minimum absolute atomic E-state index is 0.251. The summed E-state index contributed by atoms with van der Waals surface area (Å²) in [5, 5.41) is 19.5. The van der Waals surface area contributed by atoms with Gasteiger partial charge in [-0.1, -0.05) is 286 Å². The third-order valence-corrected chi connectivity index (χ3v) is 19.1. The normalized spacial score (nSPS) is 12.0. The van der Waals surface area contributed by atoms with Gasteiger partial charge in [-0.05, 0) is 247 Å². The van der Waals surface area contributed by atoms with Crippen molar-refractivity contribution >= 4 is 67.8 Å². The highest BCUT2D eigenvalue weighted by Gasteiger charge is 2.19. The van der Waals surface area contributed by atoms with Gasteiger partial charge in [-0.25, -0.2) is 0 Å². The number of hydrogen-bond donors (Lipinski definition) is 2. The van der Waals surface area contributed by atoms with Crippen LogP contribution in [0.25, 0.3) is 44.6 Å². The predicted molar refractivity (Wildman–Crippen MR) is 472 cm³/mol. The molecule has 0 atom stereocenters. The summed E-state index contributed by atoms with van der Waals surface area (Å²) < 4.78 is 17.6. The lowest BCUT2D eigenvalue weighted by molar-refractivity contribution is 0.261. The highest BCUT2D eigenvalue weighted by molar-refractivity contribution is 6.19. The number of rotatable bonds is 30. The molecule has 0 saturated carbocycles. The van der Waals surface area contributed by atoms with Crippen LogP contribution in [0.5, 0.6) is 28.7 Å². The largest absolute Gasteiger partial charge is 0.508 e. The van der Waals surface area contributed by atoms with Crippen molar-refractivity contribution in [2.75, 3.05) is 93.5 Å². The molecule has 2 N–H and O–H groups in total. The van der Waals surface area contributed by atoms with Gasteiger partial charge < -0.3 is 39.1 Å². The molecule has 0 saturated heterocycles. The number of aromatic hydroxyl groups is 2. The number of hydrogen-bond acceptors (Lipinski definition) is 8. The number of phenolic OH excluding ortho intramolecular Hbond substituents is 2. The van der Waals surface area contributed by atoms with E-state index in [1.807, 2.05) is 127 Å². The molecule has 12 aromatic rings. The van der Waals surface area contributed by atoms with E-state index in [1.54, 1.807) is 24.3 Å². The van der Waals surface area contributed by atoms with Gasteiger partial charge in [-0.3, -0.25) is 0 Å². The average molecular weight is 1510 g/mol. The molecular weight excluding hydrogens is 1410 g/mol. The molecule has 12 rings (SSSR count). The lowest BCUT2D eigenvalue weighted by Gasteiger charge is -2.17. The minimum Gasteiger partial charge on any atom is -0.508 e. The SMILES string of the molecule is CC/C(=C(\c1ccc(O)cc1)c1ccc(OCCN(C)C)cc1)c1ccccc1.CC/C(=C(\c1ccccc1)c1ccc(C)cc1)c1ccccc1.CN(C)CCOc1ccc(/C(=C(/CCCl)c2ccccc2)c2ccc(O)cc2)cc1.CN(C)CCOc1ccc(/C(=C(/CCCl)c2ccccc2)c2ccccc2)cc1. The van der Waals surface area contributed by atoms with Crippen molar-refractivity contribution in [3.8, 4) is 28.7 Å². The molecule has 0 heterocycles. The number of likely N-dealkylation sites (N-methyl/N-ethyl adjacent to an activating group) is 3. The second-order valence-corrected chi connectivity index (χ2v) is 28.4. The van der Waals surface area contributed by atoms with Crippen LogP contribution in [0, 0.1) is 6.92 Å². The molecule has 8 nitrogen and oxygen atoms in total. The fraction of sp³-hybridized carbons (Fsp3) is 0.208. The first kappa shape index (κ1) is 84.1. The topological polar surface area (TPSA) is 77.9 Å². The van der Waals surface area contributed by atoms with Gasteiger partial charge in [-0.15, -0.1) is 23.2 Å². The van der Waals surface area contributed by atoms with Crippen LogP contribution in [0.15, 0.2) is 328 Å². The van der Waals surface area contributed by atoms with Crippen LogP contribution in [0.2, 0.25) is 0 Å². The fourth-order valence-corrected chi connectivity index (χ4v) is 13.4. The predicted octanol–water partition coefficient (Wildman–Crippen LogP) is 24.2. The zero-order chi connectivity index (χ0) is 78.5. The van der Waals surface area contributed by atoms with Crippen molar-refractivity contribution in [1.29, 1.82) is 0 Å². The van der Waals surface area contributed by atoms with Gasteiger partial charge >= 0.3 is 0 Å². The number of alkyl halides is 2. The summed E-state index contributed by atoms with van der Waals surface area (Å²) in [6.45, 7) is 11.2. The zero-order valence-electron chi connectivity index (χ0n) is 65.9. The van der Waals surface area contributed by atoms with E-state index in [9.17, 15) is 10.2 Å². The number of nitrogens with zero attached hydrogens (tertiary/aromatic N) is 3. The summed E-state index contributed by atoms with van der Waals surface area (Å²) in [7, 11) is 12.2. The summed E-state index contributed by atoms with van der Waals surface area (Å²) in [6.07, 6.45) is 3.45. The van der Waals surface area contributed by atoms with Gasteiger partial charge in [0.25, 0.3) is 0 Å². The van der Waals surface area contributed by atoms with Gasteiger partial charge in [0.15, 0.2) is 0 Å². The van der Waals surface area contributed by atoms with E-state index in [0.717, 1.165) is 96.0 Å². The Labute approximate surface area is 671 Å². The van der Waals surface area contributed by atoms with E-state index in [0.29, 0.717) is 31.6 Å². The molecule has 111 heavy (non-hydrogen) atoms. The Morgan fingerprint density at radius 3 is 0.685 bits per heavy atom. The Morgan fingerprint density at radius 2 is 0.459 bits per heavy atom. The Hall–Kier alpha value is -10.9. The lowest BCUT2D eigenvalue weighted by Crippen LogP contribution is -2.19. The number of allylic oxidation sites excluding steroid dienone is 4. The maximum absolute atomic E-state index is 9.77. The smallest absolute Gasteiger partial charge is 0.119 e. The van der Waals surface area contributed by atoms with Crippen LogP contribution in [0.4, 0.5) is 0 Å². The van der Waals surface area contributed by atoms with Gasteiger partial charge in [-0.2, -0.15) is 0 Å². The molecule has 10 heteroatoms. The van der Waals surface area contributed by atoms with Crippen molar-refractivity contribution in [2.45, 2.75) is 46.5 Å². The molecule has 0 aliphatic heterocycles. The Balaban J connectivity index is 0.000000171. The fourth-order valence-electron chi connectivity index (χ4n) is 13.1. The van der Waals surface area contributed by atoms with E-state index >= 15 is 0 Å². The third-order valence-electron chi connectivity index (χ3n) is 18.7. The van der Waals surface area contributed by atoms with Gasteiger partial charge in [0, 0.05) is 31.4 Å². The van der Waals surface area contributed by atoms with Crippen LogP contribution in [0.3, 0.4) is 0 Å². The monoisotopic (exact) mass is 1510 g/mol. The molecule has 0 aromatic heterocycles. The summed E-state index contributed by atoms with van der Waals surface area (Å²) in [6, 6.07) is 112. The van der Waals surface area contributed by atoms with Crippen LogP contribution in [-0.2, 0) is 0 Å². The van der Waals surface area contributed by atoms with E-state index in [1.165, 1.54) is 83.5 Å². The molecule has 570 valence electrons. The van der Waals surface area contributed by atoms with Crippen molar-refractivity contribution in [3.63, 3.8) is 0 Å². The van der Waals surface area contributed by atoms with Crippen molar-refractivity contribution in [3.05, 3.63) is 400 Å².